The molecule has 2 nitrogen and oxygen atoms in total. The molecular weight excluding hydrogens is 220 g/mol. The third-order valence-corrected chi connectivity index (χ3v) is 3.19. The SMILES string of the molecule is CC1(C)C=C(NCc2ccccc2)CC(C)(C)N1. The Bertz CT molecular complexity index is 430. The standard InChI is InChI=1S/C16H24N2/c1-15(2)10-14(11-16(3,4)18-15)17-12-13-8-6-5-7-9-13/h5-10,17-18H,11-12H2,1-4H3. The van der Waals surface area contributed by atoms with E-state index in [9.17, 15) is 0 Å². The molecule has 1 aromatic rings. The summed E-state index contributed by atoms with van der Waals surface area (Å²) < 4.78 is 0. The molecule has 0 amide bonds. The highest BCUT2D eigenvalue weighted by Crippen LogP contribution is 2.26. The molecule has 2 N–H and O–H groups in total. The smallest absolute Gasteiger partial charge is 0.0397 e. The van der Waals surface area contributed by atoms with Crippen molar-refractivity contribution >= 4 is 0 Å². The van der Waals surface area contributed by atoms with Crippen molar-refractivity contribution < 1.29 is 0 Å². The van der Waals surface area contributed by atoms with Crippen LogP contribution in [0.15, 0.2) is 42.1 Å². The van der Waals surface area contributed by atoms with E-state index < -0.39 is 0 Å². The van der Waals surface area contributed by atoms with Crippen LogP contribution in [0.25, 0.3) is 0 Å². The van der Waals surface area contributed by atoms with Crippen molar-refractivity contribution in [3.05, 3.63) is 47.7 Å². The first-order valence-corrected chi connectivity index (χ1v) is 6.65. The minimum atomic E-state index is 0.0563. The third kappa shape index (κ3) is 3.61. The topological polar surface area (TPSA) is 24.1 Å². The number of hydrogen-bond donors (Lipinski definition) is 2. The van der Waals surface area contributed by atoms with Crippen LogP contribution in [0.2, 0.25) is 0 Å². The summed E-state index contributed by atoms with van der Waals surface area (Å²) >= 11 is 0. The number of rotatable bonds is 3. The van der Waals surface area contributed by atoms with Gasteiger partial charge in [-0.25, -0.2) is 0 Å². The van der Waals surface area contributed by atoms with Crippen molar-refractivity contribution in [1.82, 2.24) is 10.6 Å². The molecule has 2 rings (SSSR count). The average Bonchev–Trinajstić information content (AvgIpc) is 2.24. The van der Waals surface area contributed by atoms with Crippen LogP contribution in [0.1, 0.15) is 39.7 Å². The zero-order valence-corrected chi connectivity index (χ0v) is 11.9. The predicted octanol–water partition coefficient (Wildman–Crippen LogP) is 3.21. The Morgan fingerprint density at radius 3 is 2.39 bits per heavy atom. The largest absolute Gasteiger partial charge is 0.384 e. The summed E-state index contributed by atoms with van der Waals surface area (Å²) in [6, 6.07) is 10.5. The van der Waals surface area contributed by atoms with Crippen LogP contribution in [0.3, 0.4) is 0 Å². The lowest BCUT2D eigenvalue weighted by Crippen LogP contribution is -2.55. The van der Waals surface area contributed by atoms with Crippen LogP contribution < -0.4 is 10.6 Å². The third-order valence-electron chi connectivity index (χ3n) is 3.19. The molecule has 0 saturated carbocycles. The van der Waals surface area contributed by atoms with Crippen molar-refractivity contribution in [3.63, 3.8) is 0 Å². The molecule has 1 aliphatic heterocycles. The first-order valence-electron chi connectivity index (χ1n) is 6.65. The molecule has 0 bridgehead atoms. The Kier molecular flexibility index (Phi) is 3.49. The van der Waals surface area contributed by atoms with E-state index in [1.54, 1.807) is 0 Å². The molecule has 0 aromatic heterocycles. The summed E-state index contributed by atoms with van der Waals surface area (Å²) in [5.41, 5.74) is 2.87. The van der Waals surface area contributed by atoms with Crippen LogP contribution in [-0.2, 0) is 6.54 Å². The minimum absolute atomic E-state index is 0.0563. The van der Waals surface area contributed by atoms with E-state index in [0.717, 1.165) is 13.0 Å². The highest BCUT2D eigenvalue weighted by Gasteiger charge is 2.31. The lowest BCUT2D eigenvalue weighted by Gasteiger charge is -2.41. The lowest BCUT2D eigenvalue weighted by atomic mass is 9.86. The van der Waals surface area contributed by atoms with Crippen LogP contribution in [0, 0.1) is 0 Å². The van der Waals surface area contributed by atoms with Gasteiger partial charge in [-0.1, -0.05) is 30.3 Å². The second-order valence-corrected chi connectivity index (χ2v) is 6.42. The van der Waals surface area contributed by atoms with Crippen molar-refractivity contribution in [2.24, 2.45) is 0 Å². The Labute approximate surface area is 110 Å². The summed E-state index contributed by atoms with van der Waals surface area (Å²) in [6.07, 6.45) is 3.35. The van der Waals surface area contributed by atoms with Gasteiger partial charge in [0.15, 0.2) is 0 Å². The Balaban J connectivity index is 2.03. The van der Waals surface area contributed by atoms with E-state index in [-0.39, 0.29) is 11.1 Å². The van der Waals surface area contributed by atoms with Crippen molar-refractivity contribution in [1.29, 1.82) is 0 Å². The molecule has 0 aliphatic carbocycles. The Hall–Kier alpha value is -1.28. The molecule has 0 fully saturated rings. The number of hydrogen-bond acceptors (Lipinski definition) is 2. The van der Waals surface area contributed by atoms with E-state index in [1.165, 1.54) is 11.3 Å². The summed E-state index contributed by atoms with van der Waals surface area (Å²) in [5.74, 6) is 0. The van der Waals surface area contributed by atoms with Crippen LogP contribution >= 0.6 is 0 Å². The normalized spacial score (nSPS) is 21.2. The summed E-state index contributed by atoms with van der Waals surface area (Å²) in [6.45, 7) is 9.85. The van der Waals surface area contributed by atoms with Crippen molar-refractivity contribution in [3.8, 4) is 0 Å². The first-order chi connectivity index (χ1) is 8.36. The second kappa shape index (κ2) is 4.77. The first kappa shape index (κ1) is 13.2. The van der Waals surface area contributed by atoms with Gasteiger partial charge in [0.2, 0.25) is 0 Å². The Morgan fingerprint density at radius 1 is 1.11 bits per heavy atom. The fourth-order valence-electron chi connectivity index (χ4n) is 2.84. The van der Waals surface area contributed by atoms with Gasteiger partial charge in [0.25, 0.3) is 0 Å². The molecule has 98 valence electrons. The number of nitrogens with one attached hydrogen (secondary N) is 2. The van der Waals surface area contributed by atoms with Crippen molar-refractivity contribution in [2.45, 2.75) is 51.7 Å². The van der Waals surface area contributed by atoms with E-state index >= 15 is 0 Å². The second-order valence-electron chi connectivity index (χ2n) is 6.42. The zero-order valence-electron chi connectivity index (χ0n) is 11.9. The van der Waals surface area contributed by atoms with Gasteiger partial charge in [-0.2, -0.15) is 0 Å². The molecule has 0 radical (unpaired) electrons. The maximum absolute atomic E-state index is 3.64. The maximum atomic E-state index is 3.64. The van der Waals surface area contributed by atoms with Gasteiger partial charge in [-0.05, 0) is 39.3 Å². The molecule has 0 unspecified atom stereocenters. The van der Waals surface area contributed by atoms with E-state index in [0.29, 0.717) is 0 Å². The quantitative estimate of drug-likeness (QED) is 0.853. The molecule has 18 heavy (non-hydrogen) atoms. The highest BCUT2D eigenvalue weighted by atomic mass is 15.1. The monoisotopic (exact) mass is 244 g/mol. The van der Waals surface area contributed by atoms with Gasteiger partial charge in [0.1, 0.15) is 0 Å². The van der Waals surface area contributed by atoms with E-state index in [4.69, 9.17) is 0 Å². The van der Waals surface area contributed by atoms with Gasteiger partial charge in [0, 0.05) is 29.7 Å². The summed E-state index contributed by atoms with van der Waals surface area (Å²) in [7, 11) is 0. The molecular formula is C16H24N2. The van der Waals surface area contributed by atoms with Gasteiger partial charge < -0.3 is 10.6 Å². The van der Waals surface area contributed by atoms with Crippen molar-refractivity contribution in [2.75, 3.05) is 0 Å². The Morgan fingerprint density at radius 2 is 1.78 bits per heavy atom. The molecule has 1 heterocycles. The number of benzene rings is 1. The minimum Gasteiger partial charge on any atom is -0.384 e. The molecule has 0 saturated heterocycles. The summed E-state index contributed by atoms with van der Waals surface area (Å²) in [5, 5.41) is 7.21. The zero-order chi connectivity index (χ0) is 13.2. The highest BCUT2D eigenvalue weighted by molar-refractivity contribution is 5.21. The van der Waals surface area contributed by atoms with Crippen LogP contribution in [0.5, 0.6) is 0 Å². The molecule has 0 spiro atoms. The van der Waals surface area contributed by atoms with Gasteiger partial charge in [0.05, 0.1) is 0 Å². The van der Waals surface area contributed by atoms with E-state index in [2.05, 4.69) is 74.7 Å². The van der Waals surface area contributed by atoms with Crippen LogP contribution in [-0.4, -0.2) is 11.1 Å². The molecule has 2 heteroatoms. The lowest BCUT2D eigenvalue weighted by molar-refractivity contribution is 0.276. The van der Waals surface area contributed by atoms with E-state index in [1.807, 2.05) is 0 Å². The fraction of sp³-hybridized carbons (Fsp3) is 0.500. The molecule has 1 aromatic carbocycles. The van der Waals surface area contributed by atoms with Crippen LogP contribution in [0.4, 0.5) is 0 Å². The van der Waals surface area contributed by atoms with Gasteiger partial charge in [-0.3, -0.25) is 0 Å². The molecule has 0 atom stereocenters. The van der Waals surface area contributed by atoms with Gasteiger partial charge >= 0.3 is 0 Å². The summed E-state index contributed by atoms with van der Waals surface area (Å²) in [4.78, 5) is 0. The van der Waals surface area contributed by atoms with Gasteiger partial charge in [-0.15, -0.1) is 0 Å². The fourth-order valence-corrected chi connectivity index (χ4v) is 2.84. The average molecular weight is 244 g/mol. The maximum Gasteiger partial charge on any atom is 0.0397 e. The molecule has 1 aliphatic rings. The predicted molar refractivity (Wildman–Crippen MR) is 77.3 cm³/mol.